The van der Waals surface area contributed by atoms with Crippen LogP contribution in [0.3, 0.4) is 0 Å². The molecular weight excluding hydrogens is 254 g/mol. The lowest BCUT2D eigenvalue weighted by Crippen LogP contribution is -2.24. The molecule has 0 bridgehead atoms. The molecule has 1 rings (SSSR count). The zero-order valence-electron chi connectivity index (χ0n) is 9.31. The summed E-state index contributed by atoms with van der Waals surface area (Å²) in [6.45, 7) is 0. The number of sulfone groups is 1. The van der Waals surface area contributed by atoms with E-state index in [0.29, 0.717) is 6.07 Å². The van der Waals surface area contributed by atoms with E-state index in [1.54, 1.807) is 0 Å². The molecule has 0 N–H and O–H groups in total. The zero-order valence-corrected chi connectivity index (χ0v) is 10.1. The molecule has 0 saturated heterocycles. The fourth-order valence-corrected chi connectivity index (χ4v) is 2.56. The van der Waals surface area contributed by atoms with Crippen molar-refractivity contribution in [3.05, 3.63) is 29.8 Å². The first kappa shape index (κ1) is 14.0. The molecule has 0 aliphatic carbocycles. The van der Waals surface area contributed by atoms with Crippen LogP contribution in [0.2, 0.25) is 0 Å². The van der Waals surface area contributed by atoms with Crippen LogP contribution in [0.15, 0.2) is 23.1 Å². The van der Waals surface area contributed by atoms with E-state index in [2.05, 4.69) is 0 Å². The Kier molecular flexibility index (Phi) is 4.55. The maximum Gasteiger partial charge on any atom is 0.183 e. The molecule has 0 aliphatic heterocycles. The third-order valence-electron chi connectivity index (χ3n) is 2.13. The third kappa shape index (κ3) is 3.45. The summed E-state index contributed by atoms with van der Waals surface area (Å²) in [6, 6.07) is 2.39. The molecular formula is C10H12F2O4S. The van der Waals surface area contributed by atoms with Gasteiger partial charge in [-0.1, -0.05) is 0 Å². The predicted octanol–water partition coefficient (Wildman–Crippen LogP) is 1.36. The maximum atomic E-state index is 12.9. The Morgan fingerprint density at radius 1 is 1.18 bits per heavy atom. The summed E-state index contributed by atoms with van der Waals surface area (Å²) < 4.78 is 58.6. The van der Waals surface area contributed by atoms with Crippen molar-refractivity contribution in [2.24, 2.45) is 0 Å². The number of benzene rings is 1. The first-order valence-electron chi connectivity index (χ1n) is 4.64. The van der Waals surface area contributed by atoms with Crippen LogP contribution in [0.4, 0.5) is 8.78 Å². The first-order valence-corrected chi connectivity index (χ1v) is 6.29. The van der Waals surface area contributed by atoms with Gasteiger partial charge >= 0.3 is 0 Å². The highest BCUT2D eigenvalue weighted by molar-refractivity contribution is 7.91. The molecule has 0 amide bonds. The number of hydrogen-bond acceptors (Lipinski definition) is 4. The minimum atomic E-state index is -3.78. The van der Waals surface area contributed by atoms with E-state index >= 15 is 0 Å². The molecule has 0 fully saturated rings. The quantitative estimate of drug-likeness (QED) is 0.596. The van der Waals surface area contributed by atoms with Gasteiger partial charge in [-0.05, 0) is 18.2 Å². The molecule has 1 aromatic rings. The van der Waals surface area contributed by atoms with Gasteiger partial charge in [-0.15, -0.1) is 0 Å². The lowest BCUT2D eigenvalue weighted by Gasteiger charge is -2.13. The normalized spacial score (nSPS) is 12.1. The Morgan fingerprint density at radius 2 is 1.76 bits per heavy atom. The standard InChI is InChI=1S/C10H12F2O4S/c1-15-10(16-2)6-17(13,14)7-3-4-8(11)9(12)5-7/h3-5,10H,6H2,1-2H3. The largest absolute Gasteiger partial charge is 0.355 e. The van der Waals surface area contributed by atoms with Crippen molar-refractivity contribution in [1.82, 2.24) is 0 Å². The molecule has 4 nitrogen and oxygen atoms in total. The Morgan fingerprint density at radius 3 is 2.24 bits per heavy atom. The van der Waals surface area contributed by atoms with Crippen LogP contribution in [0.1, 0.15) is 0 Å². The van der Waals surface area contributed by atoms with Gasteiger partial charge in [0.05, 0.1) is 4.90 Å². The van der Waals surface area contributed by atoms with Crippen molar-refractivity contribution < 1.29 is 26.7 Å². The summed E-state index contributed by atoms with van der Waals surface area (Å²) in [5, 5.41) is 0. The topological polar surface area (TPSA) is 52.6 Å². The van der Waals surface area contributed by atoms with Gasteiger partial charge in [0, 0.05) is 14.2 Å². The fraction of sp³-hybridized carbons (Fsp3) is 0.400. The monoisotopic (exact) mass is 266 g/mol. The van der Waals surface area contributed by atoms with Crippen LogP contribution in [-0.2, 0) is 19.3 Å². The summed E-state index contributed by atoms with van der Waals surface area (Å²) in [6.07, 6.45) is -0.951. The maximum absolute atomic E-state index is 12.9. The van der Waals surface area contributed by atoms with Gasteiger partial charge in [-0.25, -0.2) is 17.2 Å². The van der Waals surface area contributed by atoms with Gasteiger partial charge in [-0.2, -0.15) is 0 Å². The van der Waals surface area contributed by atoms with Crippen molar-refractivity contribution in [1.29, 1.82) is 0 Å². The molecule has 7 heteroatoms. The fourth-order valence-electron chi connectivity index (χ4n) is 1.18. The first-order chi connectivity index (χ1) is 7.90. The number of hydrogen-bond donors (Lipinski definition) is 0. The number of rotatable bonds is 5. The van der Waals surface area contributed by atoms with E-state index in [4.69, 9.17) is 9.47 Å². The Labute approximate surface area is 98.1 Å². The second-order valence-electron chi connectivity index (χ2n) is 3.26. The molecule has 0 heterocycles. The van der Waals surface area contributed by atoms with E-state index < -0.39 is 33.5 Å². The van der Waals surface area contributed by atoms with E-state index in [0.717, 1.165) is 12.1 Å². The Balaban J connectivity index is 3.01. The van der Waals surface area contributed by atoms with Gasteiger partial charge in [-0.3, -0.25) is 0 Å². The summed E-state index contributed by atoms with van der Waals surface area (Å²) in [4.78, 5) is -0.310. The van der Waals surface area contributed by atoms with Crippen LogP contribution in [-0.4, -0.2) is 34.7 Å². The van der Waals surface area contributed by atoms with Crippen LogP contribution < -0.4 is 0 Å². The lowest BCUT2D eigenvalue weighted by molar-refractivity contribution is -0.0851. The van der Waals surface area contributed by atoms with Gasteiger partial charge in [0.15, 0.2) is 27.8 Å². The zero-order chi connectivity index (χ0) is 13.1. The molecule has 0 unspecified atom stereocenters. The summed E-state index contributed by atoms with van der Waals surface area (Å²) in [5.74, 6) is -2.78. The van der Waals surface area contributed by atoms with Crippen LogP contribution in [0.5, 0.6) is 0 Å². The van der Waals surface area contributed by atoms with Gasteiger partial charge in [0.25, 0.3) is 0 Å². The van der Waals surface area contributed by atoms with Gasteiger partial charge in [0.1, 0.15) is 5.75 Å². The minimum absolute atomic E-state index is 0.310. The molecule has 17 heavy (non-hydrogen) atoms. The van der Waals surface area contributed by atoms with Crippen LogP contribution in [0, 0.1) is 11.6 Å². The average molecular weight is 266 g/mol. The van der Waals surface area contributed by atoms with E-state index in [1.165, 1.54) is 14.2 Å². The third-order valence-corrected chi connectivity index (χ3v) is 3.81. The highest BCUT2D eigenvalue weighted by atomic mass is 32.2. The van der Waals surface area contributed by atoms with E-state index in [-0.39, 0.29) is 4.90 Å². The SMILES string of the molecule is COC(CS(=O)(=O)c1ccc(F)c(F)c1)OC. The van der Waals surface area contributed by atoms with Crippen LogP contribution in [0.25, 0.3) is 0 Å². The molecule has 96 valence electrons. The number of methoxy groups -OCH3 is 2. The number of halogens is 2. The molecule has 0 saturated carbocycles. The average Bonchev–Trinajstić information content (AvgIpc) is 2.29. The molecule has 0 aliphatic rings. The van der Waals surface area contributed by atoms with Gasteiger partial charge < -0.3 is 9.47 Å². The minimum Gasteiger partial charge on any atom is -0.355 e. The highest BCUT2D eigenvalue weighted by Gasteiger charge is 2.22. The van der Waals surface area contributed by atoms with Crippen molar-refractivity contribution >= 4 is 9.84 Å². The van der Waals surface area contributed by atoms with Crippen molar-refractivity contribution in [3.8, 4) is 0 Å². The molecule has 1 aromatic carbocycles. The summed E-state index contributed by atoms with van der Waals surface area (Å²) >= 11 is 0. The molecule has 0 spiro atoms. The Bertz CT molecular complexity index is 483. The van der Waals surface area contributed by atoms with E-state index in [9.17, 15) is 17.2 Å². The predicted molar refractivity (Wildman–Crippen MR) is 56.2 cm³/mol. The second-order valence-corrected chi connectivity index (χ2v) is 5.29. The summed E-state index contributed by atoms with van der Waals surface area (Å²) in [7, 11) is -1.21. The lowest BCUT2D eigenvalue weighted by atomic mass is 10.3. The summed E-state index contributed by atoms with van der Waals surface area (Å²) in [5.41, 5.74) is 0. The van der Waals surface area contributed by atoms with Gasteiger partial charge in [0.2, 0.25) is 0 Å². The molecule has 0 aromatic heterocycles. The molecule has 0 atom stereocenters. The van der Waals surface area contributed by atoms with Crippen LogP contribution >= 0.6 is 0 Å². The highest BCUT2D eigenvalue weighted by Crippen LogP contribution is 2.16. The van der Waals surface area contributed by atoms with Crippen molar-refractivity contribution in [3.63, 3.8) is 0 Å². The van der Waals surface area contributed by atoms with E-state index in [1.807, 2.05) is 0 Å². The number of ether oxygens (including phenoxy) is 2. The van der Waals surface area contributed by atoms with Crippen molar-refractivity contribution in [2.45, 2.75) is 11.2 Å². The van der Waals surface area contributed by atoms with Crippen molar-refractivity contribution in [2.75, 3.05) is 20.0 Å². The smallest absolute Gasteiger partial charge is 0.183 e. The second kappa shape index (κ2) is 5.52. The Hall–Kier alpha value is -1.05. The molecule has 0 radical (unpaired) electrons.